The maximum Gasteiger partial charge on any atom is 0.416 e. The maximum absolute atomic E-state index is 14.1. The van der Waals surface area contributed by atoms with E-state index < -0.39 is 63.6 Å². The molecule has 2 fully saturated rings. The number of benzene rings is 2. The zero-order valence-electron chi connectivity index (χ0n) is 26.4. The van der Waals surface area contributed by atoms with Crippen molar-refractivity contribution in [2.45, 2.75) is 43.1 Å². The van der Waals surface area contributed by atoms with Crippen molar-refractivity contribution in [3.05, 3.63) is 88.4 Å². The van der Waals surface area contributed by atoms with Crippen LogP contribution in [0.15, 0.2) is 59.6 Å². The van der Waals surface area contributed by atoms with Crippen LogP contribution < -0.4 is 4.90 Å². The SMILES string of the molecule is Cc1cc(F)ccc1C1CN(S(=O)(=O)c2ccc(N3CCOCC3)nc2)CCC1C(=O)N(C)Cc1cc(C(F)(F)F)cc(C(F)(F)F)c1.Cl. The average molecular weight is 739 g/mol. The van der Waals surface area contributed by atoms with Gasteiger partial charge in [-0.3, -0.25) is 4.79 Å². The van der Waals surface area contributed by atoms with Crippen LogP contribution in [0.25, 0.3) is 0 Å². The van der Waals surface area contributed by atoms with E-state index in [4.69, 9.17) is 4.74 Å². The van der Waals surface area contributed by atoms with Gasteiger partial charge in [-0.05, 0) is 72.5 Å². The molecule has 0 aliphatic carbocycles. The molecule has 2 atom stereocenters. The highest BCUT2D eigenvalue weighted by atomic mass is 35.5. The summed E-state index contributed by atoms with van der Waals surface area (Å²) in [7, 11) is -2.85. The standard InChI is InChI=1S/C32H33F7N4O4S.ClH/c1-20-13-24(33)3-5-26(20)28-19-43(48(45,46)25-4-6-29(40-17-25)42-9-11-47-12-10-42)8-7-27(28)30(44)41(2)18-21-14-22(31(34,35)36)16-23(15-21)32(37,38)39;/h3-6,13-17,27-28H,7-12,18-19H2,1-2H3;1H. The molecule has 2 aliphatic heterocycles. The second-order valence-electron chi connectivity index (χ2n) is 11.9. The van der Waals surface area contributed by atoms with Gasteiger partial charge in [0.15, 0.2) is 0 Å². The van der Waals surface area contributed by atoms with Crippen LogP contribution >= 0.6 is 12.4 Å². The van der Waals surface area contributed by atoms with Gasteiger partial charge in [0.2, 0.25) is 15.9 Å². The van der Waals surface area contributed by atoms with E-state index in [1.807, 2.05) is 4.90 Å². The van der Waals surface area contributed by atoms with Crippen LogP contribution in [0, 0.1) is 18.7 Å². The Morgan fingerprint density at radius 2 is 1.59 bits per heavy atom. The highest BCUT2D eigenvalue weighted by molar-refractivity contribution is 7.89. The molecule has 2 aliphatic rings. The van der Waals surface area contributed by atoms with Crippen molar-refractivity contribution in [2.24, 2.45) is 5.92 Å². The van der Waals surface area contributed by atoms with Crippen LogP contribution in [0.2, 0.25) is 0 Å². The lowest BCUT2D eigenvalue weighted by Crippen LogP contribution is -2.47. The molecule has 3 aromatic rings. The summed E-state index contributed by atoms with van der Waals surface area (Å²) in [5.74, 6) is -2.29. The monoisotopic (exact) mass is 738 g/mol. The fraction of sp³-hybridized carbons (Fsp3) is 0.438. The second-order valence-corrected chi connectivity index (χ2v) is 13.9. The van der Waals surface area contributed by atoms with Crippen LogP contribution in [-0.2, 0) is 38.5 Å². The number of carbonyl (C=O) groups excluding carboxylic acids is 1. The summed E-state index contributed by atoms with van der Waals surface area (Å²) in [5.41, 5.74) is -2.44. The van der Waals surface area contributed by atoms with E-state index in [0.29, 0.717) is 55.4 Å². The summed E-state index contributed by atoms with van der Waals surface area (Å²) in [5, 5.41) is 0. The molecule has 0 saturated carbocycles. The topological polar surface area (TPSA) is 83.0 Å². The maximum atomic E-state index is 14.1. The van der Waals surface area contributed by atoms with Crippen LogP contribution in [0.5, 0.6) is 0 Å². The Bertz CT molecular complexity index is 1720. The predicted octanol–water partition coefficient (Wildman–Crippen LogP) is 6.28. The molecule has 0 N–H and O–H groups in total. The quantitative estimate of drug-likeness (QED) is 0.266. The van der Waals surface area contributed by atoms with E-state index in [9.17, 15) is 43.9 Å². The van der Waals surface area contributed by atoms with Gasteiger partial charge in [0.25, 0.3) is 0 Å². The first-order chi connectivity index (χ1) is 22.4. The second kappa shape index (κ2) is 14.8. The molecular formula is C32H34ClF7N4O4S. The minimum atomic E-state index is -5.06. The minimum absolute atomic E-state index is 0. The fourth-order valence-corrected chi connectivity index (χ4v) is 7.63. The van der Waals surface area contributed by atoms with Crippen molar-refractivity contribution in [3.8, 4) is 0 Å². The highest BCUT2D eigenvalue weighted by Crippen LogP contribution is 2.39. The van der Waals surface area contributed by atoms with E-state index >= 15 is 0 Å². The molecule has 2 saturated heterocycles. The summed E-state index contributed by atoms with van der Waals surface area (Å²) < 4.78 is 129. The van der Waals surface area contributed by atoms with Gasteiger partial charge >= 0.3 is 12.4 Å². The lowest BCUT2D eigenvalue weighted by atomic mass is 9.79. The molecule has 2 aromatic carbocycles. The van der Waals surface area contributed by atoms with Gasteiger partial charge in [0, 0.05) is 57.8 Å². The smallest absolute Gasteiger partial charge is 0.378 e. The molecule has 49 heavy (non-hydrogen) atoms. The Morgan fingerprint density at radius 1 is 0.959 bits per heavy atom. The molecule has 0 radical (unpaired) electrons. The first-order valence-corrected chi connectivity index (χ1v) is 16.5. The van der Waals surface area contributed by atoms with Crippen LogP contribution in [0.1, 0.15) is 40.2 Å². The van der Waals surface area contributed by atoms with Gasteiger partial charge < -0.3 is 14.5 Å². The zero-order chi connectivity index (χ0) is 35.0. The number of ether oxygens (including phenoxy) is 1. The number of hydrogen-bond donors (Lipinski definition) is 0. The van der Waals surface area contributed by atoms with Crippen molar-refractivity contribution >= 4 is 34.2 Å². The largest absolute Gasteiger partial charge is 0.416 e. The molecule has 0 spiro atoms. The predicted molar refractivity (Wildman–Crippen MR) is 168 cm³/mol. The van der Waals surface area contributed by atoms with Gasteiger partial charge in [0.1, 0.15) is 16.5 Å². The number of rotatable bonds is 7. The molecule has 17 heteroatoms. The number of pyridine rings is 1. The number of anilines is 1. The van der Waals surface area contributed by atoms with E-state index in [2.05, 4.69) is 4.98 Å². The molecule has 8 nitrogen and oxygen atoms in total. The summed E-state index contributed by atoms with van der Waals surface area (Å²) >= 11 is 0. The minimum Gasteiger partial charge on any atom is -0.378 e. The summed E-state index contributed by atoms with van der Waals surface area (Å²) in [6.07, 6.45) is -8.87. The first kappa shape index (κ1) is 38.3. The third-order valence-electron chi connectivity index (χ3n) is 8.66. The summed E-state index contributed by atoms with van der Waals surface area (Å²) in [6.45, 7) is 2.98. The van der Waals surface area contributed by atoms with Gasteiger partial charge in [-0.2, -0.15) is 30.6 Å². The number of carbonyl (C=O) groups is 1. The molecule has 1 aromatic heterocycles. The van der Waals surface area contributed by atoms with Crippen molar-refractivity contribution in [1.82, 2.24) is 14.2 Å². The van der Waals surface area contributed by atoms with Crippen molar-refractivity contribution < 1.29 is 48.7 Å². The van der Waals surface area contributed by atoms with Crippen LogP contribution in [0.4, 0.5) is 36.6 Å². The van der Waals surface area contributed by atoms with E-state index in [1.165, 1.54) is 41.8 Å². The molecule has 0 bridgehead atoms. The van der Waals surface area contributed by atoms with Gasteiger partial charge in [-0.15, -0.1) is 12.4 Å². The fourth-order valence-electron chi connectivity index (χ4n) is 6.21. The van der Waals surface area contributed by atoms with Gasteiger partial charge in [-0.25, -0.2) is 17.8 Å². The Labute approximate surface area is 285 Å². The Morgan fingerprint density at radius 3 is 2.14 bits per heavy atom. The molecular weight excluding hydrogens is 705 g/mol. The number of alkyl halides is 6. The van der Waals surface area contributed by atoms with E-state index in [-0.39, 0.29) is 48.4 Å². The zero-order valence-corrected chi connectivity index (χ0v) is 28.0. The third-order valence-corrected chi connectivity index (χ3v) is 10.5. The number of amides is 1. The number of nitrogens with zero attached hydrogens (tertiary/aromatic N) is 4. The number of aromatic nitrogens is 1. The normalized spacial score (nSPS) is 19.3. The number of sulfonamides is 1. The molecule has 5 rings (SSSR count). The van der Waals surface area contributed by atoms with Gasteiger partial charge in [-0.1, -0.05) is 6.07 Å². The first-order valence-electron chi connectivity index (χ1n) is 15.0. The van der Waals surface area contributed by atoms with Crippen LogP contribution in [0.3, 0.4) is 0 Å². The summed E-state index contributed by atoms with van der Waals surface area (Å²) in [4.78, 5) is 21.1. The number of hydrogen-bond acceptors (Lipinski definition) is 6. The van der Waals surface area contributed by atoms with Crippen LogP contribution in [-0.4, -0.2) is 75.0 Å². The average Bonchev–Trinajstić information content (AvgIpc) is 3.03. The lowest BCUT2D eigenvalue weighted by molar-refractivity contribution is -0.143. The molecule has 3 heterocycles. The van der Waals surface area contributed by atoms with Crippen molar-refractivity contribution in [1.29, 1.82) is 0 Å². The number of piperidine rings is 1. The lowest BCUT2D eigenvalue weighted by Gasteiger charge is -2.39. The molecule has 2 unspecified atom stereocenters. The number of halogens is 8. The number of morpholine rings is 1. The summed E-state index contributed by atoms with van der Waals surface area (Å²) in [6, 6.07) is 8.06. The Hall–Kier alpha value is -3.47. The molecule has 268 valence electrons. The van der Waals surface area contributed by atoms with E-state index in [1.54, 1.807) is 13.0 Å². The van der Waals surface area contributed by atoms with Crippen molar-refractivity contribution in [2.75, 3.05) is 51.3 Å². The number of aryl methyl sites for hydroxylation is 1. The van der Waals surface area contributed by atoms with Crippen molar-refractivity contribution in [3.63, 3.8) is 0 Å². The Kier molecular flexibility index (Phi) is 11.6. The Balaban J connectivity index is 0.00000541. The van der Waals surface area contributed by atoms with Gasteiger partial charge in [0.05, 0.1) is 24.3 Å². The highest BCUT2D eigenvalue weighted by Gasteiger charge is 2.42. The molecule has 1 amide bonds. The van der Waals surface area contributed by atoms with E-state index in [0.717, 1.165) is 4.90 Å². The third kappa shape index (κ3) is 8.64.